The highest BCUT2D eigenvalue weighted by Crippen LogP contribution is 2.15. The zero-order valence-electron chi connectivity index (χ0n) is 7.36. The third kappa shape index (κ3) is 1.95. The fraction of sp³-hybridized carbons (Fsp3) is 0.875. The molecule has 1 rings (SSSR count). The lowest BCUT2D eigenvalue weighted by atomic mass is 10.1. The molecular formula is C8H16N2O2. The van der Waals surface area contributed by atoms with Gasteiger partial charge in [0.15, 0.2) is 0 Å². The van der Waals surface area contributed by atoms with Gasteiger partial charge in [-0.3, -0.25) is 4.79 Å². The molecule has 1 aliphatic heterocycles. The average Bonchev–Trinajstić information content (AvgIpc) is 2.50. The second kappa shape index (κ2) is 3.87. The molecule has 4 nitrogen and oxygen atoms in total. The summed E-state index contributed by atoms with van der Waals surface area (Å²) in [4.78, 5) is 12.9. The van der Waals surface area contributed by atoms with E-state index in [1.807, 2.05) is 0 Å². The minimum Gasteiger partial charge on any atom is -0.384 e. The van der Waals surface area contributed by atoms with Gasteiger partial charge >= 0.3 is 0 Å². The van der Waals surface area contributed by atoms with Crippen molar-refractivity contribution >= 4 is 5.91 Å². The molecule has 70 valence electrons. The van der Waals surface area contributed by atoms with Crippen molar-refractivity contribution in [1.29, 1.82) is 0 Å². The first-order chi connectivity index (χ1) is 5.65. The van der Waals surface area contributed by atoms with Gasteiger partial charge in [0.05, 0.1) is 0 Å². The molecule has 4 heteroatoms. The highest BCUT2D eigenvalue weighted by atomic mass is 16.3. The molecule has 0 saturated carbocycles. The van der Waals surface area contributed by atoms with Crippen LogP contribution in [0.2, 0.25) is 0 Å². The highest BCUT2D eigenvalue weighted by molar-refractivity contribution is 5.80. The molecular weight excluding hydrogens is 156 g/mol. The van der Waals surface area contributed by atoms with Gasteiger partial charge in [-0.05, 0) is 25.8 Å². The summed E-state index contributed by atoms with van der Waals surface area (Å²) < 4.78 is 0. The molecule has 0 aromatic rings. The Morgan fingerprint density at radius 2 is 2.50 bits per heavy atom. The van der Waals surface area contributed by atoms with Crippen LogP contribution in [0.15, 0.2) is 0 Å². The molecule has 0 aromatic carbocycles. The van der Waals surface area contributed by atoms with E-state index in [0.29, 0.717) is 19.0 Å². The van der Waals surface area contributed by atoms with E-state index >= 15 is 0 Å². The predicted molar refractivity (Wildman–Crippen MR) is 45.4 cm³/mol. The number of amides is 1. The molecule has 0 aliphatic carbocycles. The number of hydrogen-bond donors (Lipinski definition) is 2. The van der Waals surface area contributed by atoms with Crippen LogP contribution in [0.3, 0.4) is 0 Å². The van der Waals surface area contributed by atoms with Crippen LogP contribution in [-0.2, 0) is 4.79 Å². The van der Waals surface area contributed by atoms with Crippen LogP contribution < -0.4 is 5.73 Å². The van der Waals surface area contributed by atoms with Crippen LogP contribution in [-0.4, -0.2) is 41.7 Å². The van der Waals surface area contributed by atoms with Crippen molar-refractivity contribution in [3.8, 4) is 0 Å². The number of carbonyl (C=O) groups is 1. The maximum atomic E-state index is 11.2. The molecule has 1 aliphatic rings. The van der Waals surface area contributed by atoms with E-state index in [1.54, 1.807) is 4.90 Å². The van der Waals surface area contributed by atoms with Crippen molar-refractivity contribution in [2.24, 2.45) is 11.7 Å². The number of aliphatic hydroxyl groups is 1. The second-order valence-electron chi connectivity index (χ2n) is 3.35. The predicted octanol–water partition coefficient (Wildman–Crippen LogP) is -0.826. The van der Waals surface area contributed by atoms with E-state index in [1.165, 1.54) is 6.92 Å². The van der Waals surface area contributed by atoms with Crippen LogP contribution in [0.5, 0.6) is 0 Å². The van der Waals surface area contributed by atoms with Gasteiger partial charge < -0.3 is 15.7 Å². The fourth-order valence-electron chi connectivity index (χ4n) is 1.49. The smallest absolute Gasteiger partial charge is 0.251 e. The van der Waals surface area contributed by atoms with E-state index in [-0.39, 0.29) is 5.91 Å². The zero-order chi connectivity index (χ0) is 9.14. The number of aliphatic hydroxyl groups excluding tert-OH is 1. The van der Waals surface area contributed by atoms with Crippen molar-refractivity contribution in [3.63, 3.8) is 0 Å². The third-order valence-electron chi connectivity index (χ3n) is 2.29. The average molecular weight is 172 g/mol. The van der Waals surface area contributed by atoms with Crippen molar-refractivity contribution in [2.75, 3.05) is 19.6 Å². The molecule has 1 amide bonds. The Balaban J connectivity index is 2.41. The Hall–Kier alpha value is -0.610. The number of likely N-dealkylation sites (tertiary alicyclic amines) is 1. The lowest BCUT2D eigenvalue weighted by Gasteiger charge is -2.17. The topological polar surface area (TPSA) is 66.6 Å². The summed E-state index contributed by atoms with van der Waals surface area (Å²) in [5, 5.41) is 9.02. The molecule has 2 atom stereocenters. The van der Waals surface area contributed by atoms with Crippen LogP contribution in [0.25, 0.3) is 0 Å². The number of nitrogens with two attached hydrogens (primary N) is 1. The van der Waals surface area contributed by atoms with Gasteiger partial charge in [-0.2, -0.15) is 0 Å². The van der Waals surface area contributed by atoms with Crippen LogP contribution in [0.1, 0.15) is 13.3 Å². The summed E-state index contributed by atoms with van der Waals surface area (Å²) >= 11 is 0. The molecule has 1 fully saturated rings. The van der Waals surface area contributed by atoms with Crippen LogP contribution in [0.4, 0.5) is 0 Å². The Labute approximate surface area is 72.3 Å². The van der Waals surface area contributed by atoms with Gasteiger partial charge in [-0.25, -0.2) is 0 Å². The van der Waals surface area contributed by atoms with Crippen molar-refractivity contribution in [2.45, 2.75) is 19.4 Å². The molecule has 0 spiro atoms. The molecule has 1 saturated heterocycles. The monoisotopic (exact) mass is 172 g/mol. The molecule has 12 heavy (non-hydrogen) atoms. The number of carbonyl (C=O) groups excluding carboxylic acids is 1. The Bertz CT molecular complexity index is 170. The summed E-state index contributed by atoms with van der Waals surface area (Å²) in [5.41, 5.74) is 5.47. The highest BCUT2D eigenvalue weighted by Gasteiger charge is 2.26. The minimum absolute atomic E-state index is 0.175. The Kier molecular flexibility index (Phi) is 3.05. The number of rotatable bonds is 2. The van der Waals surface area contributed by atoms with Crippen molar-refractivity contribution in [1.82, 2.24) is 4.90 Å². The van der Waals surface area contributed by atoms with Crippen molar-refractivity contribution in [3.05, 3.63) is 0 Å². The molecule has 0 radical (unpaired) electrons. The third-order valence-corrected chi connectivity index (χ3v) is 2.29. The van der Waals surface area contributed by atoms with Gasteiger partial charge in [0.1, 0.15) is 6.10 Å². The first-order valence-corrected chi connectivity index (χ1v) is 4.32. The lowest BCUT2D eigenvalue weighted by molar-refractivity contribution is -0.138. The van der Waals surface area contributed by atoms with Gasteiger partial charge in [-0.15, -0.1) is 0 Å². The first-order valence-electron chi connectivity index (χ1n) is 4.32. The molecule has 1 heterocycles. The van der Waals surface area contributed by atoms with E-state index in [0.717, 1.165) is 13.0 Å². The van der Waals surface area contributed by atoms with E-state index in [4.69, 9.17) is 10.8 Å². The van der Waals surface area contributed by atoms with E-state index < -0.39 is 6.10 Å². The molecule has 1 unspecified atom stereocenters. The van der Waals surface area contributed by atoms with Gasteiger partial charge in [0.25, 0.3) is 5.91 Å². The minimum atomic E-state index is -0.874. The van der Waals surface area contributed by atoms with E-state index in [2.05, 4.69) is 0 Å². The van der Waals surface area contributed by atoms with Crippen LogP contribution >= 0.6 is 0 Å². The zero-order valence-corrected chi connectivity index (χ0v) is 7.36. The molecule has 0 aromatic heterocycles. The quantitative estimate of drug-likeness (QED) is 0.571. The van der Waals surface area contributed by atoms with Gasteiger partial charge in [0, 0.05) is 13.1 Å². The standard InChI is InChI=1S/C8H16N2O2/c1-6(11)8(12)10-3-2-7(4-9)5-10/h6-7,11H,2-5,9H2,1H3/t6?,7-/m0/s1. The Morgan fingerprint density at radius 1 is 1.83 bits per heavy atom. The van der Waals surface area contributed by atoms with Gasteiger partial charge in [0.2, 0.25) is 0 Å². The summed E-state index contributed by atoms with van der Waals surface area (Å²) in [5.74, 6) is 0.249. The van der Waals surface area contributed by atoms with E-state index in [9.17, 15) is 4.79 Å². The summed E-state index contributed by atoms with van der Waals surface area (Å²) in [6, 6.07) is 0. The SMILES string of the molecule is CC(O)C(=O)N1CC[C@@H](CN)C1. The maximum Gasteiger partial charge on any atom is 0.251 e. The maximum absolute atomic E-state index is 11.2. The first kappa shape index (κ1) is 9.48. The number of nitrogens with zero attached hydrogens (tertiary/aromatic N) is 1. The number of hydrogen-bond acceptors (Lipinski definition) is 3. The largest absolute Gasteiger partial charge is 0.384 e. The van der Waals surface area contributed by atoms with Crippen molar-refractivity contribution < 1.29 is 9.90 Å². The van der Waals surface area contributed by atoms with Crippen LogP contribution in [0, 0.1) is 5.92 Å². The molecule has 0 bridgehead atoms. The summed E-state index contributed by atoms with van der Waals surface area (Å²) in [6.45, 7) is 3.58. The summed E-state index contributed by atoms with van der Waals surface area (Å²) in [6.07, 6.45) is 0.0936. The van der Waals surface area contributed by atoms with Gasteiger partial charge in [-0.1, -0.05) is 0 Å². The summed E-state index contributed by atoms with van der Waals surface area (Å²) in [7, 11) is 0. The lowest BCUT2D eigenvalue weighted by Crippen LogP contribution is -2.36. The Morgan fingerprint density at radius 3 is 2.92 bits per heavy atom. The fourth-order valence-corrected chi connectivity index (χ4v) is 1.49. The second-order valence-corrected chi connectivity index (χ2v) is 3.35. The molecule has 3 N–H and O–H groups in total. The normalized spacial score (nSPS) is 25.9.